The molecule has 1 unspecified atom stereocenters. The lowest BCUT2D eigenvalue weighted by Crippen LogP contribution is -2.22. The van der Waals surface area contributed by atoms with Gasteiger partial charge in [0.1, 0.15) is 0 Å². The summed E-state index contributed by atoms with van der Waals surface area (Å²) in [7, 11) is 2.03. The van der Waals surface area contributed by atoms with Crippen molar-refractivity contribution in [3.05, 3.63) is 87.2 Å². The number of nitrogens with zero attached hydrogens (tertiary/aromatic N) is 4. The number of rotatable bonds is 6. The normalized spacial score (nSPS) is 12.3. The van der Waals surface area contributed by atoms with Gasteiger partial charge in [0.25, 0.3) is 5.69 Å². The molecule has 0 aliphatic rings. The Morgan fingerprint density at radius 2 is 1.85 bits per heavy atom. The maximum Gasteiger partial charge on any atom is 0.269 e. The van der Waals surface area contributed by atoms with Crippen molar-refractivity contribution in [1.82, 2.24) is 14.7 Å². The molecule has 0 spiro atoms. The van der Waals surface area contributed by atoms with Crippen molar-refractivity contribution in [2.45, 2.75) is 33.4 Å². The Morgan fingerprint density at radius 3 is 2.52 bits per heavy atom. The van der Waals surface area contributed by atoms with Gasteiger partial charge in [0.2, 0.25) is 0 Å². The number of para-hydroxylation sites is 1. The zero-order chi connectivity index (χ0) is 19.6. The Balaban J connectivity index is 1.84. The molecule has 0 saturated heterocycles. The van der Waals surface area contributed by atoms with Crippen LogP contribution in [-0.4, -0.2) is 26.7 Å². The number of aromatic nitrogens is 2. The Kier molecular flexibility index (Phi) is 5.37. The molecule has 3 rings (SSSR count). The highest BCUT2D eigenvalue weighted by atomic mass is 16.6. The lowest BCUT2D eigenvalue weighted by Gasteiger charge is -2.25. The van der Waals surface area contributed by atoms with E-state index in [-0.39, 0.29) is 16.7 Å². The molecule has 0 aliphatic carbocycles. The molecule has 1 aromatic heterocycles. The number of hydrogen-bond acceptors (Lipinski definition) is 4. The predicted molar refractivity (Wildman–Crippen MR) is 106 cm³/mol. The summed E-state index contributed by atoms with van der Waals surface area (Å²) < 4.78 is 1.97. The molecule has 0 N–H and O–H groups in total. The molecule has 0 aliphatic heterocycles. The Hall–Kier alpha value is -2.99. The first kappa shape index (κ1) is 18.8. The van der Waals surface area contributed by atoms with Crippen LogP contribution in [0.2, 0.25) is 0 Å². The molecule has 0 bridgehead atoms. The van der Waals surface area contributed by atoms with Crippen LogP contribution in [0, 0.1) is 24.0 Å². The quantitative estimate of drug-likeness (QED) is 0.474. The van der Waals surface area contributed by atoms with Crippen molar-refractivity contribution >= 4 is 5.69 Å². The fraction of sp³-hybridized carbons (Fsp3) is 0.286. The smallest absolute Gasteiger partial charge is 0.269 e. The number of nitro benzene ring substituents is 1. The minimum atomic E-state index is -0.353. The first-order chi connectivity index (χ1) is 12.9. The average molecular weight is 364 g/mol. The van der Waals surface area contributed by atoms with Crippen LogP contribution < -0.4 is 0 Å². The summed E-state index contributed by atoms with van der Waals surface area (Å²) in [5.74, 6) is 0. The van der Waals surface area contributed by atoms with Crippen LogP contribution in [0.15, 0.2) is 54.6 Å². The van der Waals surface area contributed by atoms with Crippen LogP contribution in [0.4, 0.5) is 5.69 Å². The van der Waals surface area contributed by atoms with Crippen molar-refractivity contribution in [1.29, 1.82) is 0 Å². The molecule has 0 saturated carbocycles. The summed E-state index contributed by atoms with van der Waals surface area (Å²) in [5, 5.41) is 15.7. The van der Waals surface area contributed by atoms with Gasteiger partial charge in [-0.2, -0.15) is 5.10 Å². The fourth-order valence-electron chi connectivity index (χ4n) is 3.26. The van der Waals surface area contributed by atoms with Crippen molar-refractivity contribution in [3.8, 4) is 5.69 Å². The minimum absolute atomic E-state index is 0.0452. The van der Waals surface area contributed by atoms with Crippen LogP contribution in [0.5, 0.6) is 0 Å². The third-order valence-corrected chi connectivity index (χ3v) is 5.07. The number of aryl methyl sites for hydroxylation is 1. The van der Waals surface area contributed by atoms with E-state index in [0.29, 0.717) is 6.54 Å². The third-order valence-electron chi connectivity index (χ3n) is 5.07. The standard InChI is InChI=1S/C21H24N4O2/c1-15-21(17(3)24(22-15)19-10-6-5-7-11-19)14-23(4)16(2)18-9-8-12-20(13-18)25(26)27/h5-13,16H,14H2,1-4H3. The molecule has 3 aromatic rings. The van der Waals surface area contributed by atoms with Crippen molar-refractivity contribution < 1.29 is 4.92 Å². The van der Waals surface area contributed by atoms with Gasteiger partial charge in [0.05, 0.1) is 16.3 Å². The van der Waals surface area contributed by atoms with E-state index in [9.17, 15) is 10.1 Å². The van der Waals surface area contributed by atoms with Gasteiger partial charge in [-0.3, -0.25) is 15.0 Å². The third kappa shape index (κ3) is 3.90. The van der Waals surface area contributed by atoms with Crippen LogP contribution >= 0.6 is 0 Å². The van der Waals surface area contributed by atoms with E-state index in [0.717, 1.165) is 22.6 Å². The van der Waals surface area contributed by atoms with Crippen LogP contribution in [0.25, 0.3) is 5.69 Å². The zero-order valence-corrected chi connectivity index (χ0v) is 16.1. The van der Waals surface area contributed by atoms with Gasteiger partial charge in [0, 0.05) is 36.0 Å². The Labute approximate surface area is 159 Å². The summed E-state index contributed by atoms with van der Waals surface area (Å²) >= 11 is 0. The van der Waals surface area contributed by atoms with E-state index < -0.39 is 0 Å². The van der Waals surface area contributed by atoms with Crippen LogP contribution in [0.3, 0.4) is 0 Å². The summed E-state index contributed by atoms with van der Waals surface area (Å²) in [6, 6.07) is 17.0. The second kappa shape index (κ2) is 7.72. The molecule has 2 aromatic carbocycles. The molecular formula is C21H24N4O2. The number of benzene rings is 2. The maximum absolute atomic E-state index is 11.0. The summed E-state index contributed by atoms with van der Waals surface area (Å²) in [5.41, 5.74) is 5.37. The number of non-ortho nitro benzene ring substituents is 1. The van der Waals surface area contributed by atoms with E-state index in [1.54, 1.807) is 12.1 Å². The highest BCUT2D eigenvalue weighted by molar-refractivity contribution is 5.38. The average Bonchev–Trinajstić information content (AvgIpc) is 2.96. The van der Waals surface area contributed by atoms with E-state index in [4.69, 9.17) is 5.10 Å². The van der Waals surface area contributed by atoms with Gasteiger partial charge in [-0.15, -0.1) is 0 Å². The topological polar surface area (TPSA) is 64.2 Å². The lowest BCUT2D eigenvalue weighted by molar-refractivity contribution is -0.384. The molecule has 6 heteroatoms. The highest BCUT2D eigenvalue weighted by Gasteiger charge is 2.19. The maximum atomic E-state index is 11.0. The molecular weight excluding hydrogens is 340 g/mol. The van der Waals surface area contributed by atoms with E-state index in [1.165, 1.54) is 11.6 Å². The molecule has 140 valence electrons. The molecule has 6 nitrogen and oxygen atoms in total. The highest BCUT2D eigenvalue weighted by Crippen LogP contribution is 2.26. The van der Waals surface area contributed by atoms with Gasteiger partial charge < -0.3 is 0 Å². The van der Waals surface area contributed by atoms with Crippen LogP contribution in [0.1, 0.15) is 35.5 Å². The zero-order valence-electron chi connectivity index (χ0n) is 16.1. The predicted octanol–water partition coefficient (Wildman–Crippen LogP) is 4.59. The van der Waals surface area contributed by atoms with Crippen molar-refractivity contribution in [3.63, 3.8) is 0 Å². The summed E-state index contributed by atoms with van der Waals surface area (Å²) in [4.78, 5) is 12.9. The molecule has 1 atom stereocenters. The largest absolute Gasteiger partial charge is 0.295 e. The van der Waals surface area contributed by atoms with Gasteiger partial charge in [-0.05, 0) is 45.5 Å². The van der Waals surface area contributed by atoms with Crippen molar-refractivity contribution in [2.24, 2.45) is 0 Å². The van der Waals surface area contributed by atoms with E-state index in [2.05, 4.69) is 18.7 Å². The van der Waals surface area contributed by atoms with E-state index in [1.807, 2.05) is 55.1 Å². The Morgan fingerprint density at radius 1 is 1.15 bits per heavy atom. The second-order valence-corrected chi connectivity index (χ2v) is 6.84. The molecule has 27 heavy (non-hydrogen) atoms. The number of nitro groups is 1. The van der Waals surface area contributed by atoms with Crippen molar-refractivity contribution in [2.75, 3.05) is 7.05 Å². The van der Waals surface area contributed by atoms with Gasteiger partial charge in [-0.25, -0.2) is 4.68 Å². The SMILES string of the molecule is Cc1nn(-c2ccccc2)c(C)c1CN(C)C(C)c1cccc([N+](=O)[O-])c1. The minimum Gasteiger partial charge on any atom is -0.295 e. The summed E-state index contributed by atoms with van der Waals surface area (Å²) in [6.07, 6.45) is 0. The second-order valence-electron chi connectivity index (χ2n) is 6.84. The molecule has 0 amide bonds. The first-order valence-corrected chi connectivity index (χ1v) is 8.93. The Bertz CT molecular complexity index is 950. The fourth-order valence-corrected chi connectivity index (χ4v) is 3.26. The first-order valence-electron chi connectivity index (χ1n) is 8.93. The van der Waals surface area contributed by atoms with Gasteiger partial charge >= 0.3 is 0 Å². The molecule has 0 radical (unpaired) electrons. The molecule has 1 heterocycles. The van der Waals surface area contributed by atoms with E-state index >= 15 is 0 Å². The monoisotopic (exact) mass is 364 g/mol. The van der Waals surface area contributed by atoms with Gasteiger partial charge in [0.15, 0.2) is 0 Å². The van der Waals surface area contributed by atoms with Gasteiger partial charge in [-0.1, -0.05) is 30.3 Å². The summed E-state index contributed by atoms with van der Waals surface area (Å²) in [6.45, 7) is 6.88. The number of hydrogen-bond donors (Lipinski definition) is 0. The lowest BCUT2D eigenvalue weighted by atomic mass is 10.1. The molecule has 0 fully saturated rings. The van der Waals surface area contributed by atoms with Crippen LogP contribution in [-0.2, 0) is 6.54 Å².